The van der Waals surface area contributed by atoms with Crippen LogP contribution in [-0.2, 0) is 5.41 Å². The molecule has 106 valence electrons. The lowest BCUT2D eigenvalue weighted by atomic mass is 9.71. The van der Waals surface area contributed by atoms with Crippen LogP contribution in [0.15, 0.2) is 42.5 Å². The highest BCUT2D eigenvalue weighted by Gasteiger charge is 2.32. The number of aromatic hydroxyl groups is 2. The SMILES string of the molecule is Cc1cc(O)c(C(C)(C)C(C)c2ccccc2)cc1O. The van der Waals surface area contributed by atoms with E-state index in [2.05, 4.69) is 32.9 Å². The summed E-state index contributed by atoms with van der Waals surface area (Å²) >= 11 is 0. The normalized spacial score (nSPS) is 13.2. The van der Waals surface area contributed by atoms with Gasteiger partial charge in [-0.15, -0.1) is 0 Å². The van der Waals surface area contributed by atoms with Gasteiger partial charge in [0, 0.05) is 11.0 Å². The lowest BCUT2D eigenvalue weighted by Gasteiger charge is -2.33. The van der Waals surface area contributed by atoms with Crippen LogP contribution >= 0.6 is 0 Å². The molecule has 2 heteroatoms. The van der Waals surface area contributed by atoms with Crippen molar-refractivity contribution in [2.24, 2.45) is 0 Å². The molecule has 0 aliphatic heterocycles. The molecule has 2 rings (SSSR count). The van der Waals surface area contributed by atoms with E-state index in [1.807, 2.05) is 18.2 Å². The smallest absolute Gasteiger partial charge is 0.119 e. The van der Waals surface area contributed by atoms with Gasteiger partial charge in [0.2, 0.25) is 0 Å². The lowest BCUT2D eigenvalue weighted by molar-refractivity contribution is 0.391. The highest BCUT2D eigenvalue weighted by atomic mass is 16.3. The predicted molar refractivity (Wildman–Crippen MR) is 82.4 cm³/mol. The monoisotopic (exact) mass is 270 g/mol. The zero-order valence-electron chi connectivity index (χ0n) is 12.5. The lowest BCUT2D eigenvalue weighted by Crippen LogP contribution is -2.25. The minimum Gasteiger partial charge on any atom is -0.508 e. The van der Waals surface area contributed by atoms with Crippen molar-refractivity contribution in [1.82, 2.24) is 0 Å². The molecule has 0 fully saturated rings. The largest absolute Gasteiger partial charge is 0.508 e. The van der Waals surface area contributed by atoms with Gasteiger partial charge in [-0.1, -0.05) is 51.1 Å². The van der Waals surface area contributed by atoms with Crippen LogP contribution < -0.4 is 0 Å². The number of hydrogen-bond donors (Lipinski definition) is 2. The zero-order chi connectivity index (χ0) is 14.9. The third kappa shape index (κ3) is 2.51. The Kier molecular flexibility index (Phi) is 3.76. The molecule has 0 heterocycles. The first-order valence-electron chi connectivity index (χ1n) is 6.92. The second-order valence-electron chi connectivity index (χ2n) is 6.01. The average molecular weight is 270 g/mol. The minimum atomic E-state index is -0.281. The molecule has 1 atom stereocenters. The molecule has 0 aliphatic rings. The first-order valence-corrected chi connectivity index (χ1v) is 6.92. The van der Waals surface area contributed by atoms with Crippen LogP contribution in [0.5, 0.6) is 11.5 Å². The van der Waals surface area contributed by atoms with Crippen molar-refractivity contribution in [1.29, 1.82) is 0 Å². The molecule has 2 N–H and O–H groups in total. The fourth-order valence-corrected chi connectivity index (χ4v) is 2.59. The van der Waals surface area contributed by atoms with E-state index in [1.54, 1.807) is 19.1 Å². The van der Waals surface area contributed by atoms with Crippen molar-refractivity contribution in [3.63, 3.8) is 0 Å². The van der Waals surface area contributed by atoms with Crippen LogP contribution in [0.4, 0.5) is 0 Å². The molecule has 0 amide bonds. The van der Waals surface area contributed by atoms with Gasteiger partial charge in [-0.25, -0.2) is 0 Å². The standard InChI is InChI=1S/C18H22O2/c1-12-10-17(20)15(11-16(12)19)18(3,4)13(2)14-8-6-5-7-9-14/h5-11,13,19-20H,1-4H3. The number of phenols is 2. The maximum atomic E-state index is 10.2. The second kappa shape index (κ2) is 5.20. The van der Waals surface area contributed by atoms with Gasteiger partial charge in [-0.05, 0) is 36.1 Å². The van der Waals surface area contributed by atoms with Gasteiger partial charge in [-0.2, -0.15) is 0 Å². The van der Waals surface area contributed by atoms with Crippen LogP contribution in [0, 0.1) is 6.92 Å². The second-order valence-corrected chi connectivity index (χ2v) is 6.01. The van der Waals surface area contributed by atoms with Crippen LogP contribution in [0.25, 0.3) is 0 Å². The molecule has 0 saturated carbocycles. The zero-order valence-corrected chi connectivity index (χ0v) is 12.5. The molecule has 2 aromatic rings. The van der Waals surface area contributed by atoms with Crippen molar-refractivity contribution >= 4 is 0 Å². The van der Waals surface area contributed by atoms with Crippen molar-refractivity contribution in [2.45, 2.75) is 39.0 Å². The Morgan fingerprint density at radius 3 is 2.15 bits per heavy atom. The molecule has 0 radical (unpaired) electrons. The molecular weight excluding hydrogens is 248 g/mol. The summed E-state index contributed by atoms with van der Waals surface area (Å²) in [5, 5.41) is 20.2. The Labute approximate surface area is 120 Å². The topological polar surface area (TPSA) is 40.5 Å². The molecule has 0 aromatic heterocycles. The molecule has 0 spiro atoms. The number of benzene rings is 2. The maximum absolute atomic E-state index is 10.2. The molecular formula is C18H22O2. The molecule has 0 aliphatic carbocycles. The Morgan fingerprint density at radius 2 is 1.55 bits per heavy atom. The molecule has 20 heavy (non-hydrogen) atoms. The summed E-state index contributed by atoms with van der Waals surface area (Å²) in [4.78, 5) is 0. The molecule has 1 unspecified atom stereocenters. The number of aryl methyl sites for hydroxylation is 1. The third-order valence-electron chi connectivity index (χ3n) is 4.39. The van der Waals surface area contributed by atoms with E-state index in [-0.39, 0.29) is 22.8 Å². The van der Waals surface area contributed by atoms with Crippen molar-refractivity contribution in [2.75, 3.05) is 0 Å². The Morgan fingerprint density at radius 1 is 0.950 bits per heavy atom. The fraction of sp³-hybridized carbons (Fsp3) is 0.333. The van der Waals surface area contributed by atoms with Gasteiger partial charge < -0.3 is 10.2 Å². The summed E-state index contributed by atoms with van der Waals surface area (Å²) in [6.45, 7) is 8.11. The van der Waals surface area contributed by atoms with Crippen molar-refractivity contribution in [3.05, 3.63) is 59.2 Å². The van der Waals surface area contributed by atoms with Crippen molar-refractivity contribution < 1.29 is 10.2 Å². The van der Waals surface area contributed by atoms with E-state index < -0.39 is 0 Å². The number of rotatable bonds is 3. The van der Waals surface area contributed by atoms with Gasteiger partial charge in [0.15, 0.2) is 0 Å². The summed E-state index contributed by atoms with van der Waals surface area (Å²) in [5.41, 5.74) is 2.40. The van der Waals surface area contributed by atoms with Gasteiger partial charge in [0.25, 0.3) is 0 Å². The van der Waals surface area contributed by atoms with Gasteiger partial charge in [0.1, 0.15) is 11.5 Å². The molecule has 2 aromatic carbocycles. The summed E-state index contributed by atoms with van der Waals surface area (Å²) in [6.07, 6.45) is 0. The first kappa shape index (κ1) is 14.4. The quantitative estimate of drug-likeness (QED) is 0.807. The van der Waals surface area contributed by atoms with Crippen LogP contribution in [0.3, 0.4) is 0 Å². The minimum absolute atomic E-state index is 0.219. The maximum Gasteiger partial charge on any atom is 0.119 e. The number of hydrogen-bond acceptors (Lipinski definition) is 2. The van der Waals surface area contributed by atoms with Gasteiger partial charge >= 0.3 is 0 Å². The molecule has 0 bridgehead atoms. The predicted octanol–water partition coefficient (Wildman–Crippen LogP) is 4.49. The molecule has 2 nitrogen and oxygen atoms in total. The highest BCUT2D eigenvalue weighted by molar-refractivity contribution is 5.49. The average Bonchev–Trinajstić information content (AvgIpc) is 2.42. The van der Waals surface area contributed by atoms with E-state index in [0.29, 0.717) is 5.56 Å². The van der Waals surface area contributed by atoms with Gasteiger partial charge in [-0.3, -0.25) is 0 Å². The Balaban J connectivity index is 2.47. The van der Waals surface area contributed by atoms with Gasteiger partial charge in [0.05, 0.1) is 0 Å². The Bertz CT molecular complexity index is 600. The van der Waals surface area contributed by atoms with Crippen molar-refractivity contribution in [3.8, 4) is 11.5 Å². The van der Waals surface area contributed by atoms with E-state index in [9.17, 15) is 10.2 Å². The first-order chi connectivity index (χ1) is 9.34. The van der Waals surface area contributed by atoms with Crippen LogP contribution in [0.2, 0.25) is 0 Å². The summed E-state index contributed by atoms with van der Waals surface area (Å²) in [7, 11) is 0. The van der Waals surface area contributed by atoms with E-state index in [0.717, 1.165) is 5.56 Å². The summed E-state index contributed by atoms with van der Waals surface area (Å²) in [5.74, 6) is 0.691. The highest BCUT2D eigenvalue weighted by Crippen LogP contribution is 2.43. The van der Waals surface area contributed by atoms with Crippen LogP contribution in [0.1, 0.15) is 43.4 Å². The van der Waals surface area contributed by atoms with E-state index in [4.69, 9.17) is 0 Å². The van der Waals surface area contributed by atoms with Crippen LogP contribution in [-0.4, -0.2) is 10.2 Å². The third-order valence-corrected chi connectivity index (χ3v) is 4.39. The Hall–Kier alpha value is -1.96. The fourth-order valence-electron chi connectivity index (χ4n) is 2.59. The molecule has 0 saturated heterocycles. The summed E-state index contributed by atoms with van der Waals surface area (Å²) < 4.78 is 0. The number of phenolic OH excluding ortho intramolecular Hbond substituents is 2. The van der Waals surface area contributed by atoms with E-state index in [1.165, 1.54) is 5.56 Å². The van der Waals surface area contributed by atoms with E-state index >= 15 is 0 Å². The summed E-state index contributed by atoms with van der Waals surface area (Å²) in [6, 6.07) is 13.5.